The molecular weight excluding hydrogens is 612 g/mol. The molecule has 12 nitrogen and oxygen atoms in total. The standard InChI is InChI=1S/C20H27N3O4.C15H19N3O2.CH4/c1-5-10-26-18(24)22-13-15(23-19(25)27-20(2,3)4)11-14-12-21-17-9-7-6-8-16(14)17;1-2-7-20-15(19)18-10-12(16)8-11-9-17-14-6-4-3-5-13(11)14;/h5-9,12,15,21H,1,10-11,13H2,2-4H3,(H,22,24)(H,23,25);2-6,9,12,17H,1,7-8,10,16H2,(H,18,19);1H4/t15-;12-;/m11./s1. The summed E-state index contributed by atoms with van der Waals surface area (Å²) >= 11 is 0. The Morgan fingerprint density at radius 1 is 0.792 bits per heavy atom. The minimum Gasteiger partial charge on any atom is -0.445 e. The Bertz CT molecular complexity index is 1620. The molecule has 3 amide bonds. The maximum absolute atomic E-state index is 12.2. The Morgan fingerprint density at radius 3 is 1.77 bits per heavy atom. The molecule has 12 heteroatoms. The summed E-state index contributed by atoms with van der Waals surface area (Å²) in [6, 6.07) is 15.4. The van der Waals surface area contributed by atoms with Crippen LogP contribution in [0.2, 0.25) is 0 Å². The van der Waals surface area contributed by atoms with Crippen LogP contribution >= 0.6 is 0 Å². The molecule has 0 saturated heterocycles. The molecule has 4 aromatic rings. The molecule has 0 spiro atoms. The van der Waals surface area contributed by atoms with Crippen LogP contribution in [-0.4, -0.2) is 72.2 Å². The van der Waals surface area contributed by atoms with E-state index in [0.29, 0.717) is 19.4 Å². The molecular formula is C36H50N6O6. The number of benzene rings is 2. The maximum atomic E-state index is 12.2. The number of amides is 3. The zero-order chi connectivity index (χ0) is 34.2. The van der Waals surface area contributed by atoms with Gasteiger partial charge in [-0.2, -0.15) is 0 Å². The molecule has 0 unspecified atom stereocenters. The van der Waals surface area contributed by atoms with Crippen molar-refractivity contribution in [2.75, 3.05) is 26.3 Å². The summed E-state index contributed by atoms with van der Waals surface area (Å²) in [5, 5.41) is 10.3. The fourth-order valence-corrected chi connectivity index (χ4v) is 4.66. The molecule has 2 aromatic heterocycles. The Kier molecular flexibility index (Phi) is 15.8. The van der Waals surface area contributed by atoms with Crippen LogP contribution in [0.25, 0.3) is 21.8 Å². The molecule has 0 aliphatic rings. The van der Waals surface area contributed by atoms with Crippen molar-refractivity contribution >= 4 is 40.1 Å². The summed E-state index contributed by atoms with van der Waals surface area (Å²) in [4.78, 5) is 41.6. The van der Waals surface area contributed by atoms with E-state index in [9.17, 15) is 14.4 Å². The lowest BCUT2D eigenvalue weighted by atomic mass is 10.0. The lowest BCUT2D eigenvalue weighted by Gasteiger charge is -2.24. The van der Waals surface area contributed by atoms with Crippen molar-refractivity contribution in [2.24, 2.45) is 5.73 Å². The first-order valence-corrected chi connectivity index (χ1v) is 15.4. The number of hydrogen-bond donors (Lipinski definition) is 6. The quantitative estimate of drug-likeness (QED) is 0.0741. The summed E-state index contributed by atoms with van der Waals surface area (Å²) in [5.41, 5.74) is 9.71. The second kappa shape index (κ2) is 19.4. The molecule has 0 bridgehead atoms. The summed E-state index contributed by atoms with van der Waals surface area (Å²) in [6.45, 7) is 13.3. The zero-order valence-electron chi connectivity index (χ0n) is 27.3. The van der Waals surface area contributed by atoms with Crippen LogP contribution < -0.4 is 21.7 Å². The van der Waals surface area contributed by atoms with Crippen LogP contribution in [0.4, 0.5) is 14.4 Å². The largest absolute Gasteiger partial charge is 0.445 e. The highest BCUT2D eigenvalue weighted by atomic mass is 16.6. The van der Waals surface area contributed by atoms with Crippen molar-refractivity contribution < 1.29 is 28.6 Å². The smallest absolute Gasteiger partial charge is 0.407 e. The van der Waals surface area contributed by atoms with Crippen LogP contribution in [0.15, 0.2) is 86.2 Å². The van der Waals surface area contributed by atoms with Gasteiger partial charge in [-0.1, -0.05) is 69.1 Å². The molecule has 0 aliphatic carbocycles. The van der Waals surface area contributed by atoms with Crippen molar-refractivity contribution in [3.8, 4) is 0 Å². The molecule has 4 rings (SSSR count). The number of rotatable bonds is 13. The number of aromatic nitrogens is 2. The van der Waals surface area contributed by atoms with Gasteiger partial charge in [0.15, 0.2) is 0 Å². The molecule has 2 aromatic carbocycles. The average Bonchev–Trinajstić information content (AvgIpc) is 3.64. The van der Waals surface area contributed by atoms with E-state index in [2.05, 4.69) is 45.1 Å². The monoisotopic (exact) mass is 662 g/mol. The van der Waals surface area contributed by atoms with E-state index in [4.69, 9.17) is 19.9 Å². The highest BCUT2D eigenvalue weighted by Gasteiger charge is 2.21. The Balaban J connectivity index is 0.000000340. The molecule has 0 aliphatic heterocycles. The number of aromatic amines is 2. The van der Waals surface area contributed by atoms with Gasteiger partial charge in [-0.15, -0.1) is 0 Å². The number of H-pyrrole nitrogens is 2. The van der Waals surface area contributed by atoms with Gasteiger partial charge in [0.25, 0.3) is 0 Å². The predicted molar refractivity (Wildman–Crippen MR) is 191 cm³/mol. The number of alkyl carbamates (subject to hydrolysis) is 3. The second-order valence-corrected chi connectivity index (χ2v) is 11.8. The molecule has 0 saturated carbocycles. The minimum atomic E-state index is -0.605. The van der Waals surface area contributed by atoms with E-state index in [0.717, 1.165) is 32.9 Å². The van der Waals surface area contributed by atoms with Gasteiger partial charge in [-0.3, -0.25) is 0 Å². The lowest BCUT2D eigenvalue weighted by molar-refractivity contribution is 0.0502. The lowest BCUT2D eigenvalue weighted by Crippen LogP contribution is -2.46. The van der Waals surface area contributed by atoms with Gasteiger partial charge in [-0.05, 0) is 56.9 Å². The van der Waals surface area contributed by atoms with Crippen molar-refractivity contribution in [1.82, 2.24) is 25.9 Å². The first-order chi connectivity index (χ1) is 22.5. The molecule has 2 atom stereocenters. The molecule has 0 radical (unpaired) electrons. The number of fused-ring (bicyclic) bond motifs is 2. The fourth-order valence-electron chi connectivity index (χ4n) is 4.66. The van der Waals surface area contributed by atoms with Gasteiger partial charge < -0.3 is 45.9 Å². The van der Waals surface area contributed by atoms with Crippen LogP contribution in [0.1, 0.15) is 39.3 Å². The first-order valence-electron chi connectivity index (χ1n) is 15.4. The number of carbonyl (C=O) groups is 3. The van der Waals surface area contributed by atoms with Gasteiger partial charge in [0.1, 0.15) is 18.8 Å². The SMILES string of the molecule is C.C=CCOC(=O)NC[C@@H](Cc1c[nH]c2ccccc12)NC(=O)OC(C)(C)C.C=CCOC(=O)NC[C@H](N)Cc1c[nH]c2ccccc12. The summed E-state index contributed by atoms with van der Waals surface area (Å²) in [7, 11) is 0. The predicted octanol–water partition coefficient (Wildman–Crippen LogP) is 6.10. The van der Waals surface area contributed by atoms with Crippen LogP contribution in [0, 0.1) is 0 Å². The van der Waals surface area contributed by atoms with Gasteiger partial charge in [0.2, 0.25) is 0 Å². The zero-order valence-corrected chi connectivity index (χ0v) is 27.3. The Morgan fingerprint density at radius 2 is 1.27 bits per heavy atom. The summed E-state index contributed by atoms with van der Waals surface area (Å²) in [6.07, 6.45) is 6.51. The summed E-state index contributed by atoms with van der Waals surface area (Å²) < 4.78 is 15.1. The second-order valence-electron chi connectivity index (χ2n) is 11.8. The van der Waals surface area contributed by atoms with E-state index in [1.165, 1.54) is 12.2 Å². The number of nitrogens with one attached hydrogen (secondary N) is 5. The van der Waals surface area contributed by atoms with Crippen molar-refractivity contribution in [3.05, 3.63) is 97.4 Å². The number of carbonyl (C=O) groups excluding carboxylic acids is 3. The van der Waals surface area contributed by atoms with Crippen molar-refractivity contribution in [1.29, 1.82) is 0 Å². The molecule has 2 heterocycles. The molecule has 260 valence electrons. The maximum Gasteiger partial charge on any atom is 0.407 e. The van der Waals surface area contributed by atoms with Gasteiger partial charge in [0.05, 0.1) is 6.04 Å². The highest BCUT2D eigenvalue weighted by molar-refractivity contribution is 5.84. The fraction of sp³-hybridized carbons (Fsp3) is 0.361. The van der Waals surface area contributed by atoms with Crippen LogP contribution in [0.3, 0.4) is 0 Å². The average molecular weight is 663 g/mol. The Hall–Kier alpha value is -5.23. The third-order valence-corrected chi connectivity index (χ3v) is 6.69. The van der Waals surface area contributed by atoms with Crippen LogP contribution in [-0.2, 0) is 27.1 Å². The number of hydrogen-bond acceptors (Lipinski definition) is 7. The first kappa shape index (κ1) is 39.0. The molecule has 7 N–H and O–H groups in total. The van der Waals surface area contributed by atoms with Crippen molar-refractivity contribution in [2.45, 2.75) is 58.7 Å². The van der Waals surface area contributed by atoms with Crippen LogP contribution in [0.5, 0.6) is 0 Å². The van der Waals surface area contributed by atoms with E-state index >= 15 is 0 Å². The number of ether oxygens (including phenoxy) is 3. The highest BCUT2D eigenvalue weighted by Crippen LogP contribution is 2.20. The van der Waals surface area contributed by atoms with E-state index in [1.807, 2.05) is 54.9 Å². The van der Waals surface area contributed by atoms with Gasteiger partial charge in [0, 0.05) is 53.3 Å². The third kappa shape index (κ3) is 13.2. The number of nitrogens with two attached hydrogens (primary N) is 1. The minimum absolute atomic E-state index is 0. The normalized spacial score (nSPS) is 11.9. The molecule has 0 fully saturated rings. The van der Waals surface area contributed by atoms with Gasteiger partial charge in [-0.25, -0.2) is 14.4 Å². The Labute approximate surface area is 282 Å². The van der Waals surface area contributed by atoms with E-state index in [-0.39, 0.29) is 39.3 Å². The summed E-state index contributed by atoms with van der Waals surface area (Å²) in [5.74, 6) is 0. The van der Waals surface area contributed by atoms with E-state index < -0.39 is 23.9 Å². The molecule has 48 heavy (non-hydrogen) atoms. The van der Waals surface area contributed by atoms with E-state index in [1.54, 1.807) is 20.8 Å². The third-order valence-electron chi connectivity index (χ3n) is 6.69. The number of para-hydroxylation sites is 2. The van der Waals surface area contributed by atoms with Gasteiger partial charge >= 0.3 is 18.3 Å². The topological polar surface area (TPSA) is 173 Å². The van der Waals surface area contributed by atoms with Crippen molar-refractivity contribution in [3.63, 3.8) is 0 Å².